The van der Waals surface area contributed by atoms with Crippen LogP contribution in [-0.2, 0) is 24.3 Å². The van der Waals surface area contributed by atoms with E-state index < -0.39 is 0 Å². The van der Waals surface area contributed by atoms with E-state index in [1.165, 1.54) is 17.5 Å². The Labute approximate surface area is 148 Å². The number of hydrogen-bond acceptors (Lipinski definition) is 4. The number of rotatable bonds is 4. The molecule has 0 fully saturated rings. The molecule has 0 saturated carbocycles. The molecule has 2 heterocycles. The maximum atomic E-state index is 12.4. The SMILES string of the molecule is Cc1nnc2n1CCN(CC(=O)NC[C@@H]1CCCc3ccccc31)C2. The lowest BCUT2D eigenvalue weighted by Crippen LogP contribution is -2.42. The van der Waals surface area contributed by atoms with Gasteiger partial charge in [0.05, 0.1) is 13.1 Å². The van der Waals surface area contributed by atoms with Crippen molar-refractivity contribution in [2.75, 3.05) is 19.6 Å². The highest BCUT2D eigenvalue weighted by Gasteiger charge is 2.23. The molecule has 6 heteroatoms. The molecule has 2 aliphatic rings. The Morgan fingerprint density at radius 3 is 3.08 bits per heavy atom. The molecule has 132 valence electrons. The topological polar surface area (TPSA) is 63.1 Å². The number of nitrogens with one attached hydrogen (secondary N) is 1. The van der Waals surface area contributed by atoms with Gasteiger partial charge in [0.15, 0.2) is 0 Å². The zero-order valence-electron chi connectivity index (χ0n) is 14.7. The van der Waals surface area contributed by atoms with E-state index in [1.807, 2.05) is 6.92 Å². The van der Waals surface area contributed by atoms with Crippen LogP contribution in [0.15, 0.2) is 24.3 Å². The van der Waals surface area contributed by atoms with E-state index in [0.29, 0.717) is 19.0 Å². The summed E-state index contributed by atoms with van der Waals surface area (Å²) in [6.07, 6.45) is 3.52. The van der Waals surface area contributed by atoms with E-state index in [2.05, 4.69) is 49.2 Å². The molecule has 0 bridgehead atoms. The minimum Gasteiger partial charge on any atom is -0.354 e. The summed E-state index contributed by atoms with van der Waals surface area (Å²) in [6.45, 7) is 5.56. The summed E-state index contributed by atoms with van der Waals surface area (Å²) < 4.78 is 2.13. The van der Waals surface area contributed by atoms with Gasteiger partial charge < -0.3 is 9.88 Å². The van der Waals surface area contributed by atoms with Gasteiger partial charge in [0.2, 0.25) is 5.91 Å². The Hall–Kier alpha value is -2.21. The fraction of sp³-hybridized carbons (Fsp3) is 0.526. The van der Waals surface area contributed by atoms with Gasteiger partial charge in [-0.15, -0.1) is 10.2 Å². The van der Waals surface area contributed by atoms with Crippen molar-refractivity contribution in [1.29, 1.82) is 0 Å². The highest BCUT2D eigenvalue weighted by Crippen LogP contribution is 2.30. The fourth-order valence-electron chi connectivity index (χ4n) is 4.05. The van der Waals surface area contributed by atoms with E-state index in [0.717, 1.165) is 44.1 Å². The summed E-state index contributed by atoms with van der Waals surface area (Å²) in [5, 5.41) is 11.5. The van der Waals surface area contributed by atoms with Crippen molar-refractivity contribution >= 4 is 5.91 Å². The summed E-state index contributed by atoms with van der Waals surface area (Å²) in [4.78, 5) is 14.5. The molecule has 2 aromatic rings. The minimum absolute atomic E-state index is 0.104. The standard InChI is InChI=1S/C19H25N5O/c1-14-21-22-18-12-23(9-10-24(14)18)13-19(25)20-11-16-7-4-6-15-5-2-3-8-17(15)16/h2-3,5,8,16H,4,6-7,9-13H2,1H3,(H,20,25)/t16-/m0/s1. The number of amides is 1. The largest absolute Gasteiger partial charge is 0.354 e. The van der Waals surface area contributed by atoms with Crippen LogP contribution in [0, 0.1) is 6.92 Å². The number of benzene rings is 1. The Morgan fingerprint density at radius 2 is 2.16 bits per heavy atom. The monoisotopic (exact) mass is 339 g/mol. The van der Waals surface area contributed by atoms with Gasteiger partial charge in [0.25, 0.3) is 0 Å². The number of carbonyl (C=O) groups excluding carboxylic acids is 1. The van der Waals surface area contributed by atoms with Gasteiger partial charge in [0, 0.05) is 25.6 Å². The molecule has 1 aromatic carbocycles. The maximum absolute atomic E-state index is 12.4. The molecule has 1 amide bonds. The molecule has 1 atom stereocenters. The van der Waals surface area contributed by atoms with Crippen molar-refractivity contribution in [2.45, 2.75) is 45.2 Å². The number of hydrogen-bond donors (Lipinski definition) is 1. The molecule has 6 nitrogen and oxygen atoms in total. The molecule has 1 N–H and O–H groups in total. The van der Waals surface area contributed by atoms with E-state index in [1.54, 1.807) is 0 Å². The summed E-state index contributed by atoms with van der Waals surface area (Å²) in [6, 6.07) is 8.64. The van der Waals surface area contributed by atoms with Gasteiger partial charge in [0.1, 0.15) is 11.6 Å². The summed E-state index contributed by atoms with van der Waals surface area (Å²) in [7, 11) is 0. The molecule has 1 aliphatic carbocycles. The van der Waals surface area contributed by atoms with Crippen LogP contribution in [-0.4, -0.2) is 45.2 Å². The number of carbonyl (C=O) groups is 1. The van der Waals surface area contributed by atoms with Crippen molar-refractivity contribution in [3.8, 4) is 0 Å². The molecule has 0 radical (unpaired) electrons. The predicted octanol–water partition coefficient (Wildman–Crippen LogP) is 1.64. The van der Waals surface area contributed by atoms with Crippen molar-refractivity contribution in [1.82, 2.24) is 25.0 Å². The molecule has 4 rings (SSSR count). The summed E-state index contributed by atoms with van der Waals surface area (Å²) >= 11 is 0. The average Bonchev–Trinajstić information content (AvgIpc) is 3.00. The zero-order chi connectivity index (χ0) is 17.2. The first-order valence-corrected chi connectivity index (χ1v) is 9.16. The number of fused-ring (bicyclic) bond motifs is 2. The van der Waals surface area contributed by atoms with Crippen LogP contribution in [0.4, 0.5) is 0 Å². The Balaban J connectivity index is 1.30. The van der Waals surface area contributed by atoms with E-state index in [-0.39, 0.29) is 5.91 Å². The van der Waals surface area contributed by atoms with Crippen LogP contribution in [0.1, 0.15) is 41.5 Å². The van der Waals surface area contributed by atoms with Crippen LogP contribution in [0.5, 0.6) is 0 Å². The van der Waals surface area contributed by atoms with Gasteiger partial charge in [-0.1, -0.05) is 24.3 Å². The lowest BCUT2D eigenvalue weighted by molar-refractivity contribution is -0.122. The Bertz CT molecular complexity index is 769. The minimum atomic E-state index is 0.104. The molecule has 0 unspecified atom stereocenters. The second kappa shape index (κ2) is 6.96. The zero-order valence-corrected chi connectivity index (χ0v) is 14.7. The maximum Gasteiger partial charge on any atom is 0.234 e. The highest BCUT2D eigenvalue weighted by atomic mass is 16.2. The molecule has 1 aliphatic heterocycles. The quantitative estimate of drug-likeness (QED) is 0.920. The second-order valence-corrected chi connectivity index (χ2v) is 7.12. The second-order valence-electron chi connectivity index (χ2n) is 7.12. The molecule has 0 saturated heterocycles. The smallest absolute Gasteiger partial charge is 0.234 e. The third kappa shape index (κ3) is 3.44. The first-order chi connectivity index (χ1) is 12.2. The lowest BCUT2D eigenvalue weighted by Gasteiger charge is -2.28. The van der Waals surface area contributed by atoms with Crippen LogP contribution in [0.3, 0.4) is 0 Å². The summed E-state index contributed by atoms with van der Waals surface area (Å²) in [5.41, 5.74) is 2.86. The predicted molar refractivity (Wildman–Crippen MR) is 95.2 cm³/mol. The van der Waals surface area contributed by atoms with Gasteiger partial charge >= 0.3 is 0 Å². The van der Waals surface area contributed by atoms with Crippen LogP contribution >= 0.6 is 0 Å². The molecular weight excluding hydrogens is 314 g/mol. The van der Waals surface area contributed by atoms with Gasteiger partial charge in [-0.2, -0.15) is 0 Å². The average molecular weight is 339 g/mol. The van der Waals surface area contributed by atoms with Crippen LogP contribution in [0.25, 0.3) is 0 Å². The highest BCUT2D eigenvalue weighted by molar-refractivity contribution is 5.78. The number of nitrogens with zero attached hydrogens (tertiary/aromatic N) is 4. The van der Waals surface area contributed by atoms with E-state index in [9.17, 15) is 4.79 Å². The van der Waals surface area contributed by atoms with Crippen LogP contribution in [0.2, 0.25) is 0 Å². The van der Waals surface area contributed by atoms with Crippen molar-refractivity contribution in [2.24, 2.45) is 0 Å². The molecular formula is C19H25N5O. The Morgan fingerprint density at radius 1 is 1.28 bits per heavy atom. The Kier molecular flexibility index (Phi) is 4.53. The molecule has 0 spiro atoms. The van der Waals surface area contributed by atoms with Gasteiger partial charge in [-0.3, -0.25) is 9.69 Å². The van der Waals surface area contributed by atoms with Gasteiger partial charge in [-0.25, -0.2) is 0 Å². The van der Waals surface area contributed by atoms with Crippen LogP contribution < -0.4 is 5.32 Å². The van der Waals surface area contributed by atoms with Gasteiger partial charge in [-0.05, 0) is 37.3 Å². The van der Waals surface area contributed by atoms with Crippen molar-refractivity contribution in [3.05, 3.63) is 47.0 Å². The number of aryl methyl sites for hydroxylation is 2. The van der Waals surface area contributed by atoms with E-state index >= 15 is 0 Å². The van der Waals surface area contributed by atoms with E-state index in [4.69, 9.17) is 0 Å². The normalized spacial score (nSPS) is 20.0. The third-order valence-corrected chi connectivity index (χ3v) is 5.42. The number of aromatic nitrogens is 3. The molecule has 25 heavy (non-hydrogen) atoms. The lowest BCUT2D eigenvalue weighted by atomic mass is 9.83. The van der Waals surface area contributed by atoms with Crippen molar-refractivity contribution < 1.29 is 4.79 Å². The first kappa shape index (κ1) is 16.3. The van der Waals surface area contributed by atoms with Crippen molar-refractivity contribution in [3.63, 3.8) is 0 Å². The fourth-order valence-corrected chi connectivity index (χ4v) is 4.05. The third-order valence-electron chi connectivity index (χ3n) is 5.42. The first-order valence-electron chi connectivity index (χ1n) is 9.16. The summed E-state index contributed by atoms with van der Waals surface area (Å²) in [5.74, 6) is 2.46. The molecule has 1 aromatic heterocycles.